The Balaban J connectivity index is 1.76. The summed E-state index contributed by atoms with van der Waals surface area (Å²) in [6, 6.07) is 7.98. The molecule has 1 atom stereocenters. The van der Waals surface area contributed by atoms with E-state index in [1.54, 1.807) is 0 Å². The molecule has 1 saturated heterocycles. The Hall–Kier alpha value is -2.14. The second-order valence-electron chi connectivity index (χ2n) is 6.49. The molecular weight excluding hydrogens is 324 g/mol. The smallest absolute Gasteiger partial charge is 0.229 e. The van der Waals surface area contributed by atoms with Crippen molar-refractivity contribution in [2.75, 3.05) is 11.4 Å². The Morgan fingerprint density at radius 2 is 2.17 bits per heavy atom. The zero-order chi connectivity index (χ0) is 16.7. The van der Waals surface area contributed by atoms with Crippen LogP contribution in [-0.2, 0) is 0 Å². The Morgan fingerprint density at radius 1 is 1.29 bits per heavy atom. The maximum absolute atomic E-state index is 6.20. The van der Waals surface area contributed by atoms with Crippen molar-refractivity contribution in [3.63, 3.8) is 0 Å². The first kappa shape index (κ1) is 15.4. The highest BCUT2D eigenvalue weighted by molar-refractivity contribution is 6.31. The van der Waals surface area contributed by atoms with Gasteiger partial charge in [0.05, 0.1) is 11.6 Å². The van der Waals surface area contributed by atoms with Crippen molar-refractivity contribution >= 4 is 28.2 Å². The zero-order valence-corrected chi connectivity index (χ0v) is 14.5. The van der Waals surface area contributed by atoms with E-state index < -0.39 is 0 Å². The summed E-state index contributed by atoms with van der Waals surface area (Å²) in [7, 11) is 0. The summed E-state index contributed by atoms with van der Waals surface area (Å²) in [5.41, 5.74) is 2.07. The maximum atomic E-state index is 6.20. The number of halogens is 1. The van der Waals surface area contributed by atoms with Crippen molar-refractivity contribution in [2.45, 2.75) is 38.6 Å². The molecule has 1 aliphatic heterocycles. The van der Waals surface area contributed by atoms with Crippen LogP contribution in [0.15, 0.2) is 35.0 Å². The molecule has 2 aromatic heterocycles. The molecule has 0 aliphatic carbocycles. The quantitative estimate of drug-likeness (QED) is 0.688. The monoisotopic (exact) mass is 342 g/mol. The Kier molecular flexibility index (Phi) is 3.88. The van der Waals surface area contributed by atoms with Crippen LogP contribution in [0.2, 0.25) is 5.02 Å². The number of benzene rings is 1. The molecule has 5 nitrogen and oxygen atoms in total. The highest BCUT2D eigenvalue weighted by Crippen LogP contribution is 2.38. The molecule has 6 heteroatoms. The van der Waals surface area contributed by atoms with Crippen LogP contribution < -0.4 is 4.90 Å². The van der Waals surface area contributed by atoms with Gasteiger partial charge >= 0.3 is 0 Å². The van der Waals surface area contributed by atoms with Crippen LogP contribution in [0.1, 0.15) is 50.4 Å². The normalized spacial score (nSPS) is 18.0. The topological polar surface area (TPSA) is 55.1 Å². The van der Waals surface area contributed by atoms with Crippen LogP contribution >= 0.6 is 11.6 Å². The van der Waals surface area contributed by atoms with Gasteiger partial charge in [-0.3, -0.25) is 4.98 Å². The second kappa shape index (κ2) is 6.06. The molecule has 3 heterocycles. The minimum atomic E-state index is 0.130. The summed E-state index contributed by atoms with van der Waals surface area (Å²) in [6.07, 6.45) is 3.96. The zero-order valence-electron chi connectivity index (χ0n) is 13.7. The van der Waals surface area contributed by atoms with Crippen molar-refractivity contribution in [3.8, 4) is 0 Å². The third-order valence-electron chi connectivity index (χ3n) is 4.49. The summed E-state index contributed by atoms with van der Waals surface area (Å²) in [5.74, 6) is 1.70. The van der Waals surface area contributed by atoms with E-state index in [2.05, 4.69) is 33.9 Å². The molecule has 0 radical (unpaired) electrons. The number of aromatic nitrogens is 3. The van der Waals surface area contributed by atoms with E-state index in [-0.39, 0.29) is 12.0 Å². The van der Waals surface area contributed by atoms with Gasteiger partial charge < -0.3 is 9.42 Å². The summed E-state index contributed by atoms with van der Waals surface area (Å²) < 4.78 is 5.41. The standard InChI is InChI=1S/C18H19ClN4O/c1-11(2)18-21-17(22-24-18)16-4-3-9-23(16)15-7-8-20-14-6-5-12(19)10-13(14)15/h5-8,10-11,16H,3-4,9H2,1-2H3. The van der Waals surface area contributed by atoms with E-state index in [9.17, 15) is 0 Å². The molecule has 0 spiro atoms. The highest BCUT2D eigenvalue weighted by atomic mass is 35.5. The fourth-order valence-electron chi connectivity index (χ4n) is 3.29. The lowest BCUT2D eigenvalue weighted by molar-refractivity contribution is 0.358. The van der Waals surface area contributed by atoms with E-state index in [1.165, 1.54) is 0 Å². The number of pyridine rings is 1. The Labute approximate surface area is 145 Å². The number of hydrogen-bond donors (Lipinski definition) is 0. The van der Waals surface area contributed by atoms with Gasteiger partial charge in [0.2, 0.25) is 5.89 Å². The molecule has 4 rings (SSSR count). The molecule has 1 aromatic carbocycles. The maximum Gasteiger partial charge on any atom is 0.229 e. The van der Waals surface area contributed by atoms with E-state index in [0.717, 1.165) is 41.8 Å². The van der Waals surface area contributed by atoms with Gasteiger partial charge in [-0.2, -0.15) is 4.98 Å². The predicted octanol–water partition coefficient (Wildman–Crippen LogP) is 4.74. The van der Waals surface area contributed by atoms with Gasteiger partial charge in [0.15, 0.2) is 5.82 Å². The van der Waals surface area contributed by atoms with E-state index >= 15 is 0 Å². The number of rotatable bonds is 3. The van der Waals surface area contributed by atoms with Crippen molar-refractivity contribution in [3.05, 3.63) is 47.2 Å². The number of fused-ring (bicyclic) bond motifs is 1. The second-order valence-corrected chi connectivity index (χ2v) is 6.92. The molecular formula is C18H19ClN4O. The number of anilines is 1. The average molecular weight is 343 g/mol. The summed E-state index contributed by atoms with van der Waals surface area (Å²) in [5, 5.41) is 6.00. The third-order valence-corrected chi connectivity index (χ3v) is 4.73. The lowest BCUT2D eigenvalue weighted by atomic mass is 10.1. The summed E-state index contributed by atoms with van der Waals surface area (Å²) in [4.78, 5) is 11.4. The highest BCUT2D eigenvalue weighted by Gasteiger charge is 2.31. The first-order chi connectivity index (χ1) is 11.6. The van der Waals surface area contributed by atoms with Gasteiger partial charge in [-0.15, -0.1) is 0 Å². The number of hydrogen-bond acceptors (Lipinski definition) is 5. The summed E-state index contributed by atoms with van der Waals surface area (Å²) >= 11 is 6.20. The molecule has 24 heavy (non-hydrogen) atoms. The van der Waals surface area contributed by atoms with Crippen LogP contribution in [0.25, 0.3) is 10.9 Å². The predicted molar refractivity (Wildman–Crippen MR) is 94.5 cm³/mol. The lowest BCUT2D eigenvalue weighted by Crippen LogP contribution is -2.23. The molecule has 1 fully saturated rings. The Bertz CT molecular complexity index is 876. The van der Waals surface area contributed by atoms with Crippen LogP contribution in [-0.4, -0.2) is 21.7 Å². The minimum absolute atomic E-state index is 0.130. The minimum Gasteiger partial charge on any atom is -0.361 e. The van der Waals surface area contributed by atoms with Gasteiger partial charge in [0.1, 0.15) is 0 Å². The van der Waals surface area contributed by atoms with Crippen molar-refractivity contribution in [1.82, 2.24) is 15.1 Å². The first-order valence-electron chi connectivity index (χ1n) is 8.28. The van der Waals surface area contributed by atoms with Gasteiger partial charge in [0, 0.05) is 34.8 Å². The number of nitrogens with zero attached hydrogens (tertiary/aromatic N) is 4. The molecule has 124 valence electrons. The van der Waals surface area contributed by atoms with Crippen LogP contribution in [0, 0.1) is 0 Å². The van der Waals surface area contributed by atoms with Crippen molar-refractivity contribution < 1.29 is 4.52 Å². The van der Waals surface area contributed by atoms with Gasteiger partial charge in [-0.25, -0.2) is 0 Å². The van der Waals surface area contributed by atoms with E-state index in [4.69, 9.17) is 16.1 Å². The first-order valence-corrected chi connectivity index (χ1v) is 8.65. The molecule has 0 amide bonds. The average Bonchev–Trinajstić information content (AvgIpc) is 3.23. The van der Waals surface area contributed by atoms with E-state index in [1.807, 2.05) is 30.5 Å². The fraction of sp³-hybridized carbons (Fsp3) is 0.389. The van der Waals surface area contributed by atoms with E-state index in [0.29, 0.717) is 10.9 Å². The van der Waals surface area contributed by atoms with Crippen LogP contribution in [0.3, 0.4) is 0 Å². The molecule has 0 bridgehead atoms. The Morgan fingerprint density at radius 3 is 2.96 bits per heavy atom. The SMILES string of the molecule is CC(C)c1nc(C2CCCN2c2ccnc3ccc(Cl)cc23)no1. The molecule has 0 saturated carbocycles. The third kappa shape index (κ3) is 2.63. The fourth-order valence-corrected chi connectivity index (χ4v) is 3.47. The lowest BCUT2D eigenvalue weighted by Gasteiger charge is -2.25. The summed E-state index contributed by atoms with van der Waals surface area (Å²) in [6.45, 7) is 5.08. The molecule has 0 N–H and O–H groups in total. The molecule has 1 unspecified atom stereocenters. The molecule has 3 aromatic rings. The van der Waals surface area contributed by atoms with Crippen molar-refractivity contribution in [1.29, 1.82) is 0 Å². The van der Waals surface area contributed by atoms with Gasteiger partial charge in [0.25, 0.3) is 0 Å². The van der Waals surface area contributed by atoms with Gasteiger partial charge in [-0.05, 0) is 37.1 Å². The molecule has 1 aliphatic rings. The van der Waals surface area contributed by atoms with Crippen LogP contribution in [0.5, 0.6) is 0 Å². The van der Waals surface area contributed by atoms with Crippen molar-refractivity contribution in [2.24, 2.45) is 0 Å². The van der Waals surface area contributed by atoms with Crippen LogP contribution in [0.4, 0.5) is 5.69 Å². The van der Waals surface area contributed by atoms with Gasteiger partial charge in [-0.1, -0.05) is 30.6 Å². The largest absolute Gasteiger partial charge is 0.361 e.